The van der Waals surface area contributed by atoms with Gasteiger partial charge in [-0.2, -0.15) is 5.10 Å². The van der Waals surface area contributed by atoms with Crippen molar-refractivity contribution in [2.75, 3.05) is 13.1 Å². The van der Waals surface area contributed by atoms with Crippen molar-refractivity contribution in [3.05, 3.63) is 41.7 Å². The van der Waals surface area contributed by atoms with Gasteiger partial charge in [0.1, 0.15) is 0 Å². The summed E-state index contributed by atoms with van der Waals surface area (Å²) in [6.45, 7) is 9.71. The average molecular weight is 325 g/mol. The second kappa shape index (κ2) is 6.42. The largest absolute Gasteiger partial charge is 0.342 e. The molecule has 0 radical (unpaired) electrons. The molecule has 0 bridgehead atoms. The molecule has 0 spiro atoms. The zero-order valence-corrected chi connectivity index (χ0v) is 15.1. The van der Waals surface area contributed by atoms with Gasteiger partial charge < -0.3 is 4.90 Å². The highest BCUT2D eigenvalue weighted by Crippen LogP contribution is 2.34. The molecule has 128 valence electrons. The molecule has 24 heavy (non-hydrogen) atoms. The van der Waals surface area contributed by atoms with Crippen LogP contribution in [0.5, 0.6) is 0 Å². The van der Waals surface area contributed by atoms with Crippen molar-refractivity contribution in [3.8, 4) is 11.1 Å². The number of H-pyrrole nitrogens is 1. The number of nitrogens with one attached hydrogen (secondary N) is 1. The summed E-state index contributed by atoms with van der Waals surface area (Å²) >= 11 is 0. The summed E-state index contributed by atoms with van der Waals surface area (Å²) in [7, 11) is 0. The topological polar surface area (TPSA) is 49.0 Å². The first-order chi connectivity index (χ1) is 11.4. The van der Waals surface area contributed by atoms with Gasteiger partial charge in [0.15, 0.2) is 0 Å². The van der Waals surface area contributed by atoms with E-state index in [4.69, 9.17) is 0 Å². The van der Waals surface area contributed by atoms with Gasteiger partial charge in [0.25, 0.3) is 0 Å². The lowest BCUT2D eigenvalue weighted by atomic mass is 9.88. The Balaban J connectivity index is 1.84. The Bertz CT molecular complexity index is 709. The Hall–Kier alpha value is -2.10. The highest BCUT2D eigenvalue weighted by molar-refractivity contribution is 5.81. The van der Waals surface area contributed by atoms with Gasteiger partial charge in [-0.3, -0.25) is 9.89 Å². The SMILES string of the molecule is Cc1ccc(-c2cn[nH]c2C2CCCN(C(=O)C(C)(C)C)C2)cc1. The molecule has 1 saturated heterocycles. The van der Waals surface area contributed by atoms with Gasteiger partial charge in [0.05, 0.1) is 6.20 Å². The van der Waals surface area contributed by atoms with E-state index in [0.717, 1.165) is 37.2 Å². The van der Waals surface area contributed by atoms with Crippen molar-refractivity contribution < 1.29 is 4.79 Å². The van der Waals surface area contributed by atoms with Crippen LogP contribution >= 0.6 is 0 Å². The van der Waals surface area contributed by atoms with Crippen LogP contribution in [-0.2, 0) is 4.79 Å². The summed E-state index contributed by atoms with van der Waals surface area (Å²) in [4.78, 5) is 14.6. The quantitative estimate of drug-likeness (QED) is 0.902. The van der Waals surface area contributed by atoms with Gasteiger partial charge in [-0.1, -0.05) is 50.6 Å². The van der Waals surface area contributed by atoms with Crippen molar-refractivity contribution in [1.82, 2.24) is 15.1 Å². The number of hydrogen-bond donors (Lipinski definition) is 1. The first-order valence-corrected chi connectivity index (χ1v) is 8.76. The number of benzene rings is 1. The third-order valence-electron chi connectivity index (χ3n) is 4.79. The number of amides is 1. The van der Waals surface area contributed by atoms with Gasteiger partial charge in [0.2, 0.25) is 5.91 Å². The first-order valence-electron chi connectivity index (χ1n) is 8.76. The number of aromatic nitrogens is 2. The molecule has 2 aromatic rings. The average Bonchev–Trinajstić information content (AvgIpc) is 3.04. The van der Waals surface area contributed by atoms with Gasteiger partial charge >= 0.3 is 0 Å². The number of carbonyl (C=O) groups excluding carboxylic acids is 1. The second-order valence-electron chi connectivity index (χ2n) is 7.90. The fourth-order valence-corrected chi connectivity index (χ4v) is 3.44. The monoisotopic (exact) mass is 325 g/mol. The van der Waals surface area contributed by atoms with Crippen LogP contribution in [0.25, 0.3) is 11.1 Å². The molecule has 1 aliphatic heterocycles. The fraction of sp³-hybridized carbons (Fsp3) is 0.500. The van der Waals surface area contributed by atoms with Crippen LogP contribution in [0.3, 0.4) is 0 Å². The van der Waals surface area contributed by atoms with E-state index in [1.165, 1.54) is 11.1 Å². The highest BCUT2D eigenvalue weighted by Gasteiger charge is 2.32. The van der Waals surface area contributed by atoms with Gasteiger partial charge in [-0.05, 0) is 25.3 Å². The first kappa shape index (κ1) is 16.7. The van der Waals surface area contributed by atoms with Crippen LogP contribution in [0, 0.1) is 12.3 Å². The van der Waals surface area contributed by atoms with Crippen LogP contribution in [0.1, 0.15) is 50.8 Å². The van der Waals surface area contributed by atoms with E-state index in [2.05, 4.69) is 41.4 Å². The fourth-order valence-electron chi connectivity index (χ4n) is 3.44. The number of piperidine rings is 1. The lowest BCUT2D eigenvalue weighted by Gasteiger charge is -2.36. The predicted octanol–water partition coefficient (Wildman–Crippen LogP) is 4.14. The third kappa shape index (κ3) is 3.37. The number of aryl methyl sites for hydroxylation is 1. The summed E-state index contributed by atoms with van der Waals surface area (Å²) in [5, 5.41) is 7.49. The molecule has 0 saturated carbocycles. The smallest absolute Gasteiger partial charge is 0.227 e. The van der Waals surface area contributed by atoms with E-state index in [9.17, 15) is 4.79 Å². The second-order valence-corrected chi connectivity index (χ2v) is 7.90. The molecule has 1 atom stereocenters. The molecule has 1 aliphatic rings. The minimum absolute atomic E-state index is 0.239. The number of hydrogen-bond acceptors (Lipinski definition) is 2. The minimum atomic E-state index is -0.324. The van der Waals surface area contributed by atoms with Crippen LogP contribution < -0.4 is 0 Å². The summed E-state index contributed by atoms with van der Waals surface area (Å²) in [5.74, 6) is 0.562. The number of carbonyl (C=O) groups is 1. The van der Waals surface area contributed by atoms with Gasteiger partial charge in [-0.15, -0.1) is 0 Å². The van der Waals surface area contributed by atoms with E-state index in [-0.39, 0.29) is 11.3 Å². The Labute approximate surface area is 144 Å². The van der Waals surface area contributed by atoms with Crippen molar-refractivity contribution in [2.45, 2.75) is 46.5 Å². The number of nitrogens with zero attached hydrogens (tertiary/aromatic N) is 2. The normalized spacial score (nSPS) is 18.7. The van der Waals surface area contributed by atoms with Gasteiger partial charge in [-0.25, -0.2) is 0 Å². The molecular formula is C20H27N3O. The molecule has 1 unspecified atom stereocenters. The number of likely N-dealkylation sites (tertiary alicyclic amines) is 1. The predicted molar refractivity (Wildman–Crippen MR) is 96.8 cm³/mol. The lowest BCUT2D eigenvalue weighted by Crippen LogP contribution is -2.44. The van der Waals surface area contributed by atoms with E-state index in [1.807, 2.05) is 31.9 Å². The van der Waals surface area contributed by atoms with Crippen molar-refractivity contribution >= 4 is 5.91 Å². The molecule has 1 N–H and O–H groups in total. The Kier molecular flexibility index (Phi) is 4.48. The van der Waals surface area contributed by atoms with Crippen molar-refractivity contribution in [2.24, 2.45) is 5.41 Å². The maximum atomic E-state index is 12.6. The zero-order chi connectivity index (χ0) is 17.3. The van der Waals surface area contributed by atoms with Crippen molar-refractivity contribution in [1.29, 1.82) is 0 Å². The van der Waals surface area contributed by atoms with E-state index >= 15 is 0 Å². The molecule has 1 aromatic carbocycles. The van der Waals surface area contributed by atoms with E-state index < -0.39 is 0 Å². The van der Waals surface area contributed by atoms with E-state index in [0.29, 0.717) is 5.92 Å². The lowest BCUT2D eigenvalue weighted by molar-refractivity contribution is -0.140. The molecule has 1 amide bonds. The minimum Gasteiger partial charge on any atom is -0.342 e. The summed E-state index contributed by atoms with van der Waals surface area (Å²) in [5.41, 5.74) is 4.43. The molecule has 4 nitrogen and oxygen atoms in total. The summed E-state index contributed by atoms with van der Waals surface area (Å²) in [6.07, 6.45) is 4.04. The maximum Gasteiger partial charge on any atom is 0.227 e. The van der Waals surface area contributed by atoms with Gasteiger partial charge in [0, 0.05) is 35.7 Å². The highest BCUT2D eigenvalue weighted by atomic mass is 16.2. The Morgan fingerprint density at radius 2 is 1.96 bits per heavy atom. The van der Waals surface area contributed by atoms with Crippen LogP contribution in [0.15, 0.2) is 30.5 Å². The summed E-state index contributed by atoms with van der Waals surface area (Å²) < 4.78 is 0. The maximum absolute atomic E-state index is 12.6. The third-order valence-corrected chi connectivity index (χ3v) is 4.79. The van der Waals surface area contributed by atoms with E-state index in [1.54, 1.807) is 0 Å². The number of aromatic amines is 1. The standard InChI is InChI=1S/C20H27N3O/c1-14-7-9-15(10-8-14)17-12-21-22-18(17)16-6-5-11-23(13-16)19(24)20(2,3)4/h7-10,12,16H,5-6,11,13H2,1-4H3,(H,21,22). The molecule has 3 rings (SSSR count). The molecule has 1 aromatic heterocycles. The zero-order valence-electron chi connectivity index (χ0n) is 15.1. The molecule has 4 heteroatoms. The van der Waals surface area contributed by atoms with Crippen LogP contribution in [0.2, 0.25) is 0 Å². The Morgan fingerprint density at radius 1 is 1.25 bits per heavy atom. The Morgan fingerprint density at radius 3 is 2.62 bits per heavy atom. The van der Waals surface area contributed by atoms with Crippen molar-refractivity contribution in [3.63, 3.8) is 0 Å². The van der Waals surface area contributed by atoms with Crippen LogP contribution in [-0.4, -0.2) is 34.1 Å². The molecule has 0 aliphatic carbocycles. The number of rotatable bonds is 2. The molecule has 2 heterocycles. The van der Waals surface area contributed by atoms with Crippen LogP contribution in [0.4, 0.5) is 0 Å². The molecule has 1 fully saturated rings. The molecular weight excluding hydrogens is 298 g/mol. The summed E-state index contributed by atoms with van der Waals surface area (Å²) in [6, 6.07) is 8.54.